The Morgan fingerprint density at radius 3 is 2.05 bits per heavy atom. The zero-order valence-corrected chi connectivity index (χ0v) is 13.1. The summed E-state index contributed by atoms with van der Waals surface area (Å²) in [6.45, 7) is 8.65. The highest BCUT2D eigenvalue weighted by atomic mass is 16.7. The van der Waals surface area contributed by atoms with E-state index < -0.39 is 0 Å². The van der Waals surface area contributed by atoms with Crippen LogP contribution in [-0.4, -0.2) is 19.5 Å². The van der Waals surface area contributed by atoms with Gasteiger partial charge in [-0.15, -0.1) is 0 Å². The summed E-state index contributed by atoms with van der Waals surface area (Å²) in [5.74, 6) is 1.31. The van der Waals surface area contributed by atoms with Crippen LogP contribution in [-0.2, 0) is 9.47 Å². The summed E-state index contributed by atoms with van der Waals surface area (Å²) in [6, 6.07) is 0. The Labute approximate surface area is 119 Å². The molecule has 1 atom stereocenters. The van der Waals surface area contributed by atoms with Crippen LogP contribution in [0.4, 0.5) is 0 Å². The van der Waals surface area contributed by atoms with E-state index in [-0.39, 0.29) is 11.7 Å². The summed E-state index contributed by atoms with van der Waals surface area (Å²) in [6.07, 6.45) is 10.8. The lowest BCUT2D eigenvalue weighted by Crippen LogP contribution is -2.46. The molecule has 0 N–H and O–H groups in total. The molecule has 0 bridgehead atoms. The van der Waals surface area contributed by atoms with Gasteiger partial charge in [-0.1, -0.05) is 59.3 Å². The van der Waals surface area contributed by atoms with Crippen molar-refractivity contribution in [1.82, 2.24) is 0 Å². The lowest BCUT2D eigenvalue weighted by atomic mass is 9.77. The second-order valence-electron chi connectivity index (χ2n) is 7.06. The van der Waals surface area contributed by atoms with Crippen LogP contribution in [0.15, 0.2) is 0 Å². The molecule has 0 aromatic heterocycles. The monoisotopic (exact) mass is 268 g/mol. The molecule has 0 aromatic carbocycles. The van der Waals surface area contributed by atoms with E-state index in [1.807, 2.05) is 0 Å². The molecule has 1 saturated heterocycles. The predicted octanol–water partition coefficient (Wildman–Crippen LogP) is 4.77. The molecular weight excluding hydrogens is 236 g/mol. The summed E-state index contributed by atoms with van der Waals surface area (Å²) in [5, 5.41) is 0. The molecule has 2 aliphatic rings. The summed E-state index contributed by atoms with van der Waals surface area (Å²) in [4.78, 5) is 0. The van der Waals surface area contributed by atoms with Gasteiger partial charge in [0.15, 0.2) is 6.29 Å². The van der Waals surface area contributed by atoms with Crippen molar-refractivity contribution < 1.29 is 9.47 Å². The summed E-state index contributed by atoms with van der Waals surface area (Å²) in [5.41, 5.74) is 0.215. The zero-order chi connectivity index (χ0) is 13.7. The standard InChI is InChI=1S/C17H32O2/c1-4-14(2)17(3)12-18-16(19-13-17)15-10-8-6-5-7-9-11-15/h14-16H,4-13H2,1-3H3. The molecule has 2 fully saturated rings. The van der Waals surface area contributed by atoms with Crippen LogP contribution in [0.2, 0.25) is 0 Å². The second kappa shape index (κ2) is 7.08. The average molecular weight is 268 g/mol. The molecule has 0 amide bonds. The fourth-order valence-corrected chi connectivity index (χ4v) is 3.44. The van der Waals surface area contributed by atoms with Gasteiger partial charge in [0.25, 0.3) is 0 Å². The minimum atomic E-state index is 0.0789. The van der Waals surface area contributed by atoms with Crippen LogP contribution in [0.1, 0.15) is 72.1 Å². The van der Waals surface area contributed by atoms with Crippen molar-refractivity contribution in [2.24, 2.45) is 17.3 Å². The molecule has 2 heteroatoms. The van der Waals surface area contributed by atoms with Gasteiger partial charge in [-0.25, -0.2) is 0 Å². The fourth-order valence-electron chi connectivity index (χ4n) is 3.44. The molecule has 112 valence electrons. The highest BCUT2D eigenvalue weighted by Crippen LogP contribution is 2.37. The predicted molar refractivity (Wildman–Crippen MR) is 79.1 cm³/mol. The quantitative estimate of drug-likeness (QED) is 0.734. The Hall–Kier alpha value is -0.0800. The van der Waals surface area contributed by atoms with E-state index >= 15 is 0 Å². The highest BCUT2D eigenvalue weighted by molar-refractivity contribution is 4.83. The van der Waals surface area contributed by atoms with E-state index in [1.165, 1.54) is 51.4 Å². The van der Waals surface area contributed by atoms with Crippen molar-refractivity contribution in [3.05, 3.63) is 0 Å². The van der Waals surface area contributed by atoms with Crippen LogP contribution in [0.25, 0.3) is 0 Å². The van der Waals surface area contributed by atoms with E-state index in [4.69, 9.17) is 9.47 Å². The molecule has 1 aliphatic carbocycles. The molecule has 1 saturated carbocycles. The lowest BCUT2D eigenvalue weighted by Gasteiger charge is -2.43. The molecule has 1 aliphatic heterocycles. The van der Waals surface area contributed by atoms with E-state index in [1.54, 1.807) is 0 Å². The van der Waals surface area contributed by atoms with E-state index in [0.29, 0.717) is 11.8 Å². The Balaban J connectivity index is 1.84. The average Bonchev–Trinajstić information content (AvgIpc) is 2.39. The van der Waals surface area contributed by atoms with Crippen molar-refractivity contribution in [3.8, 4) is 0 Å². The van der Waals surface area contributed by atoms with Crippen LogP contribution < -0.4 is 0 Å². The maximum absolute atomic E-state index is 6.13. The van der Waals surface area contributed by atoms with Crippen molar-refractivity contribution in [1.29, 1.82) is 0 Å². The largest absolute Gasteiger partial charge is 0.352 e. The van der Waals surface area contributed by atoms with Gasteiger partial charge in [0.05, 0.1) is 13.2 Å². The smallest absolute Gasteiger partial charge is 0.160 e. The van der Waals surface area contributed by atoms with Crippen LogP contribution in [0, 0.1) is 17.3 Å². The Kier molecular flexibility index (Phi) is 5.70. The van der Waals surface area contributed by atoms with Gasteiger partial charge in [0.1, 0.15) is 0 Å². The summed E-state index contributed by atoms with van der Waals surface area (Å²) in [7, 11) is 0. The van der Waals surface area contributed by atoms with Crippen molar-refractivity contribution in [3.63, 3.8) is 0 Å². The molecule has 1 unspecified atom stereocenters. The maximum atomic E-state index is 6.13. The fraction of sp³-hybridized carbons (Fsp3) is 1.00. The van der Waals surface area contributed by atoms with Gasteiger partial charge < -0.3 is 9.47 Å². The SMILES string of the molecule is CCC(C)C1(C)COC(C2CCCCCCC2)OC1. The van der Waals surface area contributed by atoms with E-state index in [9.17, 15) is 0 Å². The van der Waals surface area contributed by atoms with Crippen LogP contribution in [0.5, 0.6) is 0 Å². The normalized spacial score (nSPS) is 36.5. The van der Waals surface area contributed by atoms with Crippen LogP contribution in [0.3, 0.4) is 0 Å². The Bertz CT molecular complexity index is 248. The van der Waals surface area contributed by atoms with Gasteiger partial charge >= 0.3 is 0 Å². The minimum absolute atomic E-state index is 0.0789. The molecule has 0 spiro atoms. The molecule has 0 aromatic rings. The van der Waals surface area contributed by atoms with Crippen molar-refractivity contribution in [2.75, 3.05) is 13.2 Å². The minimum Gasteiger partial charge on any atom is -0.352 e. The molecule has 2 nitrogen and oxygen atoms in total. The topological polar surface area (TPSA) is 18.5 Å². The number of hydrogen-bond acceptors (Lipinski definition) is 2. The first-order chi connectivity index (χ1) is 9.15. The summed E-state index contributed by atoms with van der Waals surface area (Å²) < 4.78 is 12.3. The molecule has 0 radical (unpaired) electrons. The third kappa shape index (κ3) is 3.95. The number of hydrogen-bond donors (Lipinski definition) is 0. The van der Waals surface area contributed by atoms with Crippen LogP contribution >= 0.6 is 0 Å². The third-order valence-electron chi connectivity index (χ3n) is 5.49. The van der Waals surface area contributed by atoms with Gasteiger partial charge in [0, 0.05) is 11.3 Å². The maximum Gasteiger partial charge on any atom is 0.160 e. The van der Waals surface area contributed by atoms with E-state index in [0.717, 1.165) is 13.2 Å². The molecule has 19 heavy (non-hydrogen) atoms. The van der Waals surface area contributed by atoms with Crippen molar-refractivity contribution >= 4 is 0 Å². The lowest BCUT2D eigenvalue weighted by molar-refractivity contribution is -0.257. The number of ether oxygens (including phenoxy) is 2. The van der Waals surface area contributed by atoms with Gasteiger partial charge in [-0.05, 0) is 18.8 Å². The van der Waals surface area contributed by atoms with Gasteiger partial charge in [-0.2, -0.15) is 0 Å². The highest BCUT2D eigenvalue weighted by Gasteiger charge is 2.38. The van der Waals surface area contributed by atoms with Gasteiger partial charge in [-0.3, -0.25) is 0 Å². The molecule has 2 rings (SSSR count). The second-order valence-corrected chi connectivity index (χ2v) is 7.06. The molecular formula is C17H32O2. The first-order valence-corrected chi connectivity index (χ1v) is 8.39. The van der Waals surface area contributed by atoms with Gasteiger partial charge in [0.2, 0.25) is 0 Å². The Morgan fingerprint density at radius 2 is 1.53 bits per heavy atom. The zero-order valence-electron chi connectivity index (χ0n) is 13.1. The van der Waals surface area contributed by atoms with E-state index in [2.05, 4.69) is 20.8 Å². The first-order valence-electron chi connectivity index (χ1n) is 8.39. The Morgan fingerprint density at radius 1 is 1.00 bits per heavy atom. The molecule has 1 heterocycles. The third-order valence-corrected chi connectivity index (χ3v) is 5.49. The number of rotatable bonds is 3. The first kappa shape index (κ1) is 15.3. The van der Waals surface area contributed by atoms with Crippen molar-refractivity contribution in [2.45, 2.75) is 78.4 Å². The summed E-state index contributed by atoms with van der Waals surface area (Å²) >= 11 is 0.